The minimum Gasteiger partial charge on any atom is -0.454 e. The summed E-state index contributed by atoms with van der Waals surface area (Å²) < 4.78 is 122. The van der Waals surface area contributed by atoms with Gasteiger partial charge in [0.15, 0.2) is 18.7 Å². The van der Waals surface area contributed by atoms with Crippen LogP contribution in [0.2, 0.25) is 0 Å². The molecule has 0 aromatic carbocycles. The van der Waals surface area contributed by atoms with Gasteiger partial charge in [-0.1, -0.05) is 208 Å². The van der Waals surface area contributed by atoms with E-state index < -0.39 is 126 Å². The van der Waals surface area contributed by atoms with Crippen LogP contribution in [0.3, 0.4) is 0 Å². The quantitative estimate of drug-likeness (QED) is 0.0143. The molecular weight excluding hydrogens is 1320 g/mol. The van der Waals surface area contributed by atoms with Crippen LogP contribution in [0.4, 0.5) is 4.79 Å². The number of ether oxygens (including phenoxy) is 10. The van der Waals surface area contributed by atoms with Gasteiger partial charge in [-0.3, -0.25) is 36.7 Å². The van der Waals surface area contributed by atoms with Gasteiger partial charge in [0.2, 0.25) is 3.79 Å². The third kappa shape index (κ3) is 38.9. The monoisotopic (exact) mass is 1430 g/mol. The molecule has 0 aromatic heterocycles. The molecule has 0 saturated carbocycles. The molecule has 0 radical (unpaired) electrons. The first kappa shape index (κ1) is 87.2. The topological polar surface area (TPSA) is 265 Å². The highest BCUT2D eigenvalue weighted by atomic mass is 35.6. The van der Waals surface area contributed by atoms with Crippen molar-refractivity contribution in [2.75, 3.05) is 86.9 Å². The summed E-state index contributed by atoms with van der Waals surface area (Å²) in [7, 11) is -5.77. The number of aliphatic hydroxyl groups excluding tert-OH is 1. The summed E-state index contributed by atoms with van der Waals surface area (Å²) in [6, 6.07) is -1.48. The maximum absolute atomic E-state index is 14.5. The van der Waals surface area contributed by atoms with Gasteiger partial charge >= 0.3 is 27.7 Å². The molecule has 2 saturated heterocycles. The molecule has 0 unspecified atom stereocenters. The largest absolute Gasteiger partial charge is 0.475 e. The zero-order valence-electron chi connectivity index (χ0n) is 56.2. The van der Waals surface area contributed by atoms with Gasteiger partial charge in [-0.25, -0.2) is 13.9 Å². The molecule has 2 N–H and O–H groups in total. The third-order valence-electron chi connectivity index (χ3n) is 15.1. The number of carbonyl (C=O) groups excluding carboxylic acids is 3. The normalized spacial score (nSPS) is 22.2. The van der Waals surface area contributed by atoms with Gasteiger partial charge in [-0.15, -0.1) is 26.3 Å². The second-order valence-corrected chi connectivity index (χ2v) is 28.8. The van der Waals surface area contributed by atoms with Gasteiger partial charge in [-0.2, -0.15) is 0 Å². The highest BCUT2D eigenvalue weighted by Gasteiger charge is 2.54. The molecule has 542 valence electrons. The maximum atomic E-state index is 14.5. The van der Waals surface area contributed by atoms with Crippen LogP contribution in [0, 0.1) is 0 Å². The number of alkyl halides is 3. The fourth-order valence-corrected chi connectivity index (χ4v) is 12.9. The van der Waals surface area contributed by atoms with Crippen LogP contribution in [-0.4, -0.2) is 181 Å². The number of halogens is 3. The van der Waals surface area contributed by atoms with E-state index in [0.29, 0.717) is 19.3 Å². The average Bonchev–Trinajstić information content (AvgIpc) is 0.825. The second kappa shape index (κ2) is 53.1. The molecule has 0 aliphatic carbocycles. The van der Waals surface area contributed by atoms with Gasteiger partial charge in [0.25, 0.3) is 0 Å². The van der Waals surface area contributed by atoms with Crippen molar-refractivity contribution in [1.29, 1.82) is 0 Å². The number of phosphoric acid groups is 2. The molecule has 28 heteroatoms. The lowest BCUT2D eigenvalue weighted by atomic mass is 9.96. The molecular formula is C65H114Cl3NO22P2. The molecule has 11 atom stereocenters. The van der Waals surface area contributed by atoms with Crippen LogP contribution in [-0.2, 0) is 93.2 Å². The fourth-order valence-electron chi connectivity index (χ4n) is 10.3. The van der Waals surface area contributed by atoms with Crippen molar-refractivity contribution in [2.45, 2.75) is 259 Å². The first-order valence-corrected chi connectivity index (χ1v) is 37.6. The zero-order valence-corrected chi connectivity index (χ0v) is 60.3. The number of phosphoric ester groups is 2. The summed E-state index contributed by atoms with van der Waals surface area (Å²) in [6.45, 7) is 17.8. The summed E-state index contributed by atoms with van der Waals surface area (Å²) in [5.74, 6) is -1.24. The van der Waals surface area contributed by atoms with Crippen molar-refractivity contribution in [3.8, 4) is 0 Å². The van der Waals surface area contributed by atoms with Crippen LogP contribution in [0.25, 0.3) is 0 Å². The second-order valence-electron chi connectivity index (χ2n) is 23.0. The third-order valence-corrected chi connectivity index (χ3v) is 18.3. The highest BCUT2D eigenvalue weighted by molar-refractivity contribution is 7.48. The van der Waals surface area contributed by atoms with Crippen molar-refractivity contribution >= 4 is 68.3 Å². The summed E-state index contributed by atoms with van der Waals surface area (Å²) in [5, 5.41) is 15.2. The Morgan fingerprint density at radius 2 is 1.08 bits per heavy atom. The predicted molar refractivity (Wildman–Crippen MR) is 359 cm³/mol. The van der Waals surface area contributed by atoms with Crippen molar-refractivity contribution in [3.63, 3.8) is 0 Å². The predicted octanol–water partition coefficient (Wildman–Crippen LogP) is 14.8. The van der Waals surface area contributed by atoms with Gasteiger partial charge in [0.1, 0.15) is 61.5 Å². The summed E-state index contributed by atoms with van der Waals surface area (Å²) >= 11 is 18.1. The number of alkyl carbamates (subject to hydrolysis) is 1. The van der Waals surface area contributed by atoms with Crippen molar-refractivity contribution in [2.24, 2.45) is 0 Å². The zero-order chi connectivity index (χ0) is 68.6. The molecule has 23 nitrogen and oxygen atoms in total. The van der Waals surface area contributed by atoms with Gasteiger partial charge < -0.3 is 57.8 Å². The molecule has 0 aromatic rings. The van der Waals surface area contributed by atoms with E-state index in [2.05, 4.69) is 52.4 Å². The molecule has 93 heavy (non-hydrogen) atoms. The summed E-state index contributed by atoms with van der Waals surface area (Å²) in [6.07, 6.45) is 13.9. The number of nitrogens with one attached hydrogen (secondary N) is 1. The molecule has 2 aliphatic heterocycles. The summed E-state index contributed by atoms with van der Waals surface area (Å²) in [4.78, 5) is 41.2. The van der Waals surface area contributed by atoms with E-state index in [1.165, 1.54) is 57.1 Å². The molecule has 2 heterocycles. The van der Waals surface area contributed by atoms with E-state index in [1.807, 2.05) is 0 Å². The lowest BCUT2D eigenvalue weighted by Gasteiger charge is -2.47. The molecule has 2 aliphatic rings. The first-order valence-electron chi connectivity index (χ1n) is 33.5. The summed E-state index contributed by atoms with van der Waals surface area (Å²) in [5.41, 5.74) is 0. The number of hydrogen-bond donors (Lipinski definition) is 2. The first-order chi connectivity index (χ1) is 44.8. The standard InChI is InChI=1S/C65H114Cl3NO22P2/c1-10-17-20-23-25-27-28-31-33-36-51(70)47-55(71)90-61-60(78-43-35-32-29-26-24-21-18-11-2)57(72)53(88-63(61)80-45-46-87-92(74,83-39-13-4)84-40-14-5)49-81-62-56(69-64(73)82-50-65(66,67)68)59(79-44-38-52(77-9)37-34-30-22-19-12-3)58(54(89-62)48-76-8)91-93(75,85-41-15-6)86-42-16-7/h13-16,52-54,56-63,72H,4-7,10-12,17-50H2,1-3,8-9H3,(H,69,73)/t52-,53-,54-,56-,57-,58-,59-,60+,61-,62-,63+/m1/s1. The minimum atomic E-state index is -4.57. The van der Waals surface area contributed by atoms with Gasteiger partial charge in [0, 0.05) is 33.9 Å². The smallest absolute Gasteiger partial charge is 0.454 e. The fraction of sp³-hybridized carbons (Fsp3) is 0.831. The molecule has 0 spiro atoms. The number of hydrogen-bond acceptors (Lipinski definition) is 22. The Kier molecular flexibility index (Phi) is 49.7. The highest BCUT2D eigenvalue weighted by Crippen LogP contribution is 2.53. The Bertz CT molecular complexity index is 2090. The lowest BCUT2D eigenvalue weighted by Crippen LogP contribution is -2.67. The molecule has 2 fully saturated rings. The number of aliphatic hydroxyl groups is 1. The number of amides is 1. The number of esters is 1. The van der Waals surface area contributed by atoms with Crippen LogP contribution < -0.4 is 5.32 Å². The number of carbonyl (C=O) groups is 3. The van der Waals surface area contributed by atoms with E-state index in [0.717, 1.165) is 109 Å². The van der Waals surface area contributed by atoms with E-state index in [-0.39, 0.29) is 64.6 Å². The Morgan fingerprint density at radius 1 is 0.559 bits per heavy atom. The number of unbranched alkanes of at least 4 members (excludes halogenated alkanes) is 19. The van der Waals surface area contributed by atoms with Crippen LogP contribution in [0.5, 0.6) is 0 Å². The average molecular weight is 1430 g/mol. The van der Waals surface area contributed by atoms with Gasteiger partial charge in [0.05, 0.1) is 59.0 Å². The van der Waals surface area contributed by atoms with Crippen molar-refractivity contribution < 1.29 is 103 Å². The Labute approximate surface area is 570 Å². The Balaban J connectivity index is 2.76. The Hall–Kier alpha value is -1.90. The van der Waals surface area contributed by atoms with E-state index in [9.17, 15) is 28.6 Å². The number of rotatable bonds is 60. The van der Waals surface area contributed by atoms with Crippen LogP contribution >= 0.6 is 50.4 Å². The lowest BCUT2D eigenvalue weighted by molar-refractivity contribution is -0.327. The number of methoxy groups -OCH3 is 2. The molecule has 0 bridgehead atoms. The Morgan fingerprint density at radius 3 is 1.61 bits per heavy atom. The van der Waals surface area contributed by atoms with E-state index in [4.69, 9.17) is 109 Å². The molecule has 2 rings (SSSR count). The van der Waals surface area contributed by atoms with E-state index >= 15 is 0 Å². The minimum absolute atomic E-state index is 0.0244. The SMILES string of the molecule is C=CCOP(=O)(OCC=C)OCCO[C@H]1O[C@H](CO[C@@H]2O[C@H](COC)[C@@H](OP(=O)(OCC=C)OCC=C)[C@H](OCC[C@@H](CCCCCCC)OC)[C@H]2NC(=O)OCC(Cl)(Cl)Cl)[C@@H](O)[C@H](OCCCCCCCCCC)[C@H]1OC(=O)CC(=O)CCCCCCCCCCC. The maximum Gasteiger partial charge on any atom is 0.475 e. The number of ketones is 1. The molecule has 1 amide bonds. The van der Waals surface area contributed by atoms with Crippen molar-refractivity contribution in [3.05, 3.63) is 50.6 Å². The van der Waals surface area contributed by atoms with Crippen molar-refractivity contribution in [1.82, 2.24) is 5.32 Å². The van der Waals surface area contributed by atoms with Crippen LogP contribution in [0.1, 0.15) is 188 Å². The van der Waals surface area contributed by atoms with Gasteiger partial charge in [-0.05, 0) is 25.7 Å². The number of Topliss-reactive ketones (excluding diaryl/α,β-unsaturated/α-hetero) is 1. The van der Waals surface area contributed by atoms with E-state index in [1.54, 1.807) is 7.11 Å². The van der Waals surface area contributed by atoms with Crippen LogP contribution in [0.15, 0.2) is 50.6 Å².